The SMILES string of the molecule is CCC1CN(C(=O)NCCCC(=O)O)CCO1. The highest BCUT2D eigenvalue weighted by Gasteiger charge is 2.22. The highest BCUT2D eigenvalue weighted by Crippen LogP contribution is 2.08. The van der Waals surface area contributed by atoms with Crippen LogP contribution in [0.2, 0.25) is 0 Å². The van der Waals surface area contributed by atoms with E-state index < -0.39 is 5.97 Å². The summed E-state index contributed by atoms with van der Waals surface area (Å²) in [5.41, 5.74) is 0. The Kier molecular flexibility index (Phi) is 5.76. The van der Waals surface area contributed by atoms with Crippen molar-refractivity contribution in [2.75, 3.05) is 26.2 Å². The molecule has 0 aromatic heterocycles. The number of aliphatic carboxylic acids is 1. The number of carboxylic acids is 1. The Hall–Kier alpha value is -1.30. The average molecular weight is 244 g/mol. The smallest absolute Gasteiger partial charge is 0.317 e. The van der Waals surface area contributed by atoms with Gasteiger partial charge in [0.05, 0.1) is 12.7 Å². The van der Waals surface area contributed by atoms with Crippen LogP contribution in [0.5, 0.6) is 0 Å². The molecule has 1 heterocycles. The Bertz CT molecular complexity index is 270. The van der Waals surface area contributed by atoms with Crippen molar-refractivity contribution in [1.82, 2.24) is 10.2 Å². The van der Waals surface area contributed by atoms with Gasteiger partial charge < -0.3 is 20.1 Å². The van der Waals surface area contributed by atoms with Gasteiger partial charge in [-0.05, 0) is 12.8 Å². The molecular weight excluding hydrogens is 224 g/mol. The van der Waals surface area contributed by atoms with Crippen molar-refractivity contribution in [3.8, 4) is 0 Å². The number of rotatable bonds is 5. The maximum absolute atomic E-state index is 11.7. The van der Waals surface area contributed by atoms with Gasteiger partial charge in [-0.1, -0.05) is 6.92 Å². The zero-order valence-electron chi connectivity index (χ0n) is 10.1. The van der Waals surface area contributed by atoms with Crippen LogP contribution in [-0.2, 0) is 9.53 Å². The molecule has 6 heteroatoms. The third-order valence-corrected chi connectivity index (χ3v) is 2.72. The molecule has 2 N–H and O–H groups in total. The summed E-state index contributed by atoms with van der Waals surface area (Å²) in [7, 11) is 0. The van der Waals surface area contributed by atoms with Gasteiger partial charge in [0.2, 0.25) is 0 Å². The highest BCUT2D eigenvalue weighted by atomic mass is 16.5. The maximum Gasteiger partial charge on any atom is 0.317 e. The van der Waals surface area contributed by atoms with E-state index in [0.29, 0.717) is 32.7 Å². The number of amides is 2. The van der Waals surface area contributed by atoms with Crippen molar-refractivity contribution < 1.29 is 19.4 Å². The normalized spacial score (nSPS) is 20.1. The standard InChI is InChI=1S/C11H20N2O4/c1-2-9-8-13(6-7-17-9)11(16)12-5-3-4-10(14)15/h9H,2-8H2,1H3,(H,12,16)(H,14,15). The predicted molar refractivity (Wildman–Crippen MR) is 61.9 cm³/mol. The van der Waals surface area contributed by atoms with E-state index in [-0.39, 0.29) is 18.6 Å². The molecule has 98 valence electrons. The van der Waals surface area contributed by atoms with Crippen LogP contribution in [0, 0.1) is 0 Å². The van der Waals surface area contributed by atoms with Gasteiger partial charge >= 0.3 is 12.0 Å². The van der Waals surface area contributed by atoms with E-state index in [2.05, 4.69) is 5.32 Å². The topological polar surface area (TPSA) is 78.9 Å². The summed E-state index contributed by atoms with van der Waals surface area (Å²) in [6, 6.07) is -0.128. The third kappa shape index (κ3) is 5.04. The lowest BCUT2D eigenvalue weighted by molar-refractivity contribution is -0.137. The number of hydrogen-bond donors (Lipinski definition) is 2. The van der Waals surface area contributed by atoms with Gasteiger partial charge in [0.1, 0.15) is 0 Å². The number of nitrogens with one attached hydrogen (secondary N) is 1. The van der Waals surface area contributed by atoms with Gasteiger partial charge in [0.15, 0.2) is 0 Å². The second-order valence-electron chi connectivity index (χ2n) is 4.08. The second-order valence-corrected chi connectivity index (χ2v) is 4.08. The minimum atomic E-state index is -0.836. The van der Waals surface area contributed by atoms with E-state index in [1.54, 1.807) is 4.90 Å². The van der Waals surface area contributed by atoms with Crippen LogP contribution >= 0.6 is 0 Å². The molecule has 0 aliphatic carbocycles. The maximum atomic E-state index is 11.7. The lowest BCUT2D eigenvalue weighted by Crippen LogP contribution is -2.49. The minimum Gasteiger partial charge on any atom is -0.481 e. The van der Waals surface area contributed by atoms with Crippen molar-refractivity contribution in [3.63, 3.8) is 0 Å². The Morgan fingerprint density at radius 2 is 2.29 bits per heavy atom. The van der Waals surface area contributed by atoms with Gasteiger partial charge in [-0.2, -0.15) is 0 Å². The van der Waals surface area contributed by atoms with E-state index in [0.717, 1.165) is 6.42 Å². The zero-order valence-corrected chi connectivity index (χ0v) is 10.1. The number of urea groups is 1. The van der Waals surface area contributed by atoms with E-state index >= 15 is 0 Å². The molecule has 1 aliphatic heterocycles. The molecule has 2 amide bonds. The van der Waals surface area contributed by atoms with Crippen molar-refractivity contribution in [2.45, 2.75) is 32.3 Å². The third-order valence-electron chi connectivity index (χ3n) is 2.72. The molecule has 1 atom stereocenters. The van der Waals surface area contributed by atoms with Gasteiger partial charge in [0.25, 0.3) is 0 Å². The van der Waals surface area contributed by atoms with Gasteiger partial charge in [0, 0.05) is 26.1 Å². The molecule has 0 spiro atoms. The molecule has 1 rings (SSSR count). The Balaban J connectivity index is 2.20. The van der Waals surface area contributed by atoms with Crippen LogP contribution in [0.4, 0.5) is 4.79 Å². The van der Waals surface area contributed by atoms with Gasteiger partial charge in [-0.25, -0.2) is 4.79 Å². The fraction of sp³-hybridized carbons (Fsp3) is 0.818. The highest BCUT2D eigenvalue weighted by molar-refractivity contribution is 5.74. The van der Waals surface area contributed by atoms with Gasteiger partial charge in [-0.3, -0.25) is 4.79 Å². The molecule has 6 nitrogen and oxygen atoms in total. The predicted octanol–water partition coefficient (Wildman–Crippen LogP) is 0.672. The van der Waals surface area contributed by atoms with E-state index in [1.165, 1.54) is 0 Å². The summed E-state index contributed by atoms with van der Waals surface area (Å²) >= 11 is 0. The first-order valence-corrected chi connectivity index (χ1v) is 5.99. The second kappa shape index (κ2) is 7.11. The molecule has 0 aromatic rings. The van der Waals surface area contributed by atoms with Crippen molar-refractivity contribution in [2.24, 2.45) is 0 Å². The summed E-state index contributed by atoms with van der Waals surface area (Å²) in [5.74, 6) is -0.836. The van der Waals surface area contributed by atoms with E-state index in [1.807, 2.05) is 6.92 Å². The number of carbonyl (C=O) groups excluding carboxylic acids is 1. The summed E-state index contributed by atoms with van der Waals surface area (Å²) in [5, 5.41) is 11.2. The molecule has 17 heavy (non-hydrogen) atoms. The Morgan fingerprint density at radius 3 is 2.94 bits per heavy atom. The molecule has 0 bridgehead atoms. The number of carbonyl (C=O) groups is 2. The van der Waals surface area contributed by atoms with E-state index in [9.17, 15) is 9.59 Å². The molecule has 1 fully saturated rings. The van der Waals surface area contributed by atoms with Crippen molar-refractivity contribution >= 4 is 12.0 Å². The molecule has 1 unspecified atom stereocenters. The first kappa shape index (κ1) is 13.8. The summed E-state index contributed by atoms with van der Waals surface area (Å²) in [4.78, 5) is 23.7. The summed E-state index contributed by atoms with van der Waals surface area (Å²) < 4.78 is 5.47. The molecule has 1 aliphatic rings. The number of carboxylic acid groups (broad SMARTS) is 1. The zero-order chi connectivity index (χ0) is 12.7. The van der Waals surface area contributed by atoms with Gasteiger partial charge in [-0.15, -0.1) is 0 Å². The number of hydrogen-bond acceptors (Lipinski definition) is 3. The van der Waals surface area contributed by atoms with Crippen LogP contribution in [0.3, 0.4) is 0 Å². The van der Waals surface area contributed by atoms with E-state index in [4.69, 9.17) is 9.84 Å². The van der Waals surface area contributed by atoms with Crippen LogP contribution in [0.25, 0.3) is 0 Å². The Labute approximate surface area is 101 Å². The van der Waals surface area contributed by atoms with Crippen molar-refractivity contribution in [3.05, 3.63) is 0 Å². The number of ether oxygens (including phenoxy) is 1. The van der Waals surface area contributed by atoms with Crippen LogP contribution in [0.15, 0.2) is 0 Å². The monoisotopic (exact) mass is 244 g/mol. The lowest BCUT2D eigenvalue weighted by atomic mass is 10.2. The first-order valence-electron chi connectivity index (χ1n) is 5.99. The summed E-state index contributed by atoms with van der Waals surface area (Å²) in [6.07, 6.45) is 1.56. The molecule has 0 radical (unpaired) electrons. The largest absolute Gasteiger partial charge is 0.481 e. The minimum absolute atomic E-state index is 0.0843. The average Bonchev–Trinajstić information content (AvgIpc) is 2.34. The quantitative estimate of drug-likeness (QED) is 0.697. The molecule has 1 saturated heterocycles. The van der Waals surface area contributed by atoms with Crippen LogP contribution in [0.1, 0.15) is 26.2 Å². The van der Waals surface area contributed by atoms with Crippen LogP contribution in [-0.4, -0.2) is 54.4 Å². The summed E-state index contributed by atoms with van der Waals surface area (Å²) in [6.45, 7) is 4.21. The molecular formula is C11H20N2O4. The Morgan fingerprint density at radius 1 is 1.53 bits per heavy atom. The first-order chi connectivity index (χ1) is 8.13. The van der Waals surface area contributed by atoms with Crippen molar-refractivity contribution in [1.29, 1.82) is 0 Å². The fourth-order valence-corrected chi connectivity index (χ4v) is 1.70. The fourth-order valence-electron chi connectivity index (χ4n) is 1.70. The number of nitrogens with zero attached hydrogens (tertiary/aromatic N) is 1. The van der Waals surface area contributed by atoms with Crippen LogP contribution < -0.4 is 5.32 Å². The molecule has 0 aromatic carbocycles. The molecule has 0 saturated carbocycles. The lowest BCUT2D eigenvalue weighted by Gasteiger charge is -2.32. The number of morpholine rings is 1.